The van der Waals surface area contributed by atoms with Gasteiger partial charge in [0.05, 0.1) is 6.10 Å². The average molecular weight is 326 g/mol. The minimum Gasteiger partial charge on any atom is -0.388 e. The van der Waals surface area contributed by atoms with Crippen LogP contribution in [0.5, 0.6) is 0 Å². The smallest absolute Gasteiger partial charge is 0.123 e. The maximum atomic E-state index is 12.7. The van der Waals surface area contributed by atoms with Crippen LogP contribution in [0.4, 0.5) is 4.39 Å². The first-order valence-electron chi connectivity index (χ1n) is 7.50. The number of halogens is 1. The van der Waals surface area contributed by atoms with Gasteiger partial charge in [-0.05, 0) is 36.8 Å². The van der Waals surface area contributed by atoms with Crippen LogP contribution in [-0.4, -0.2) is 28.7 Å². The van der Waals surface area contributed by atoms with E-state index in [1.807, 2.05) is 0 Å². The number of benzene rings is 1. The van der Waals surface area contributed by atoms with Crippen molar-refractivity contribution in [2.45, 2.75) is 31.5 Å². The first-order valence-corrected chi connectivity index (χ1v) is 7.50. The largest absolute Gasteiger partial charge is 0.388 e. The molecule has 1 aromatic rings. The summed E-state index contributed by atoms with van der Waals surface area (Å²) in [6.45, 7) is 0. The van der Waals surface area contributed by atoms with Crippen LogP contribution < -0.4 is 0 Å². The van der Waals surface area contributed by atoms with Crippen molar-refractivity contribution in [2.24, 2.45) is 0 Å². The molecule has 24 heavy (non-hydrogen) atoms. The molecule has 0 aliphatic carbocycles. The van der Waals surface area contributed by atoms with Gasteiger partial charge in [-0.25, -0.2) is 4.39 Å². The minimum absolute atomic E-state index is 0.262. The summed E-state index contributed by atoms with van der Waals surface area (Å²) in [5, 5.41) is 19.1. The van der Waals surface area contributed by atoms with Gasteiger partial charge in [0.2, 0.25) is 0 Å². The molecule has 2 unspecified atom stereocenters. The van der Waals surface area contributed by atoms with E-state index >= 15 is 0 Å². The molecule has 0 saturated heterocycles. The minimum atomic E-state index is -0.809. The summed E-state index contributed by atoms with van der Waals surface area (Å²) < 4.78 is 12.7. The summed E-state index contributed by atoms with van der Waals surface area (Å²) in [6, 6.07) is 5.83. The van der Waals surface area contributed by atoms with Gasteiger partial charge < -0.3 is 15.0 Å². The predicted molar refractivity (Wildman–Crippen MR) is 91.3 cm³/mol. The molecule has 0 fully saturated rings. The fourth-order valence-corrected chi connectivity index (χ4v) is 1.60. The molecule has 2 atom stereocenters. The Labute approximate surface area is 141 Å². The predicted octanol–water partition coefficient (Wildman–Crippen LogP) is 2.38. The van der Waals surface area contributed by atoms with E-state index < -0.39 is 12.2 Å². The van der Waals surface area contributed by atoms with Crippen LogP contribution in [0.1, 0.15) is 24.8 Å². The van der Waals surface area contributed by atoms with Crippen LogP contribution in [0.3, 0.4) is 0 Å². The van der Waals surface area contributed by atoms with E-state index in [4.69, 9.17) is 0 Å². The Bertz CT molecular complexity index is 682. The summed E-state index contributed by atoms with van der Waals surface area (Å²) >= 11 is 0. The molecule has 1 rings (SSSR count). The Hall–Kier alpha value is -2.66. The highest BCUT2D eigenvalue weighted by molar-refractivity contribution is 5.49. The molecule has 1 aromatic carbocycles. The highest BCUT2D eigenvalue weighted by atomic mass is 19.1. The third-order valence-corrected chi connectivity index (χ3v) is 2.82. The van der Waals surface area contributed by atoms with Crippen LogP contribution in [0.15, 0.2) is 48.6 Å². The van der Waals surface area contributed by atoms with E-state index in [0.717, 1.165) is 6.29 Å². The van der Waals surface area contributed by atoms with Crippen LogP contribution in [0.25, 0.3) is 0 Å². The maximum absolute atomic E-state index is 12.7. The molecule has 0 saturated carbocycles. The zero-order chi connectivity index (χ0) is 17.6. The van der Waals surface area contributed by atoms with Crippen molar-refractivity contribution in [1.29, 1.82) is 0 Å². The first kappa shape index (κ1) is 19.4. The lowest BCUT2D eigenvalue weighted by atomic mass is 10.2. The van der Waals surface area contributed by atoms with Crippen LogP contribution in [0.2, 0.25) is 0 Å². The van der Waals surface area contributed by atoms with E-state index in [-0.39, 0.29) is 18.7 Å². The van der Waals surface area contributed by atoms with Crippen molar-refractivity contribution in [3.05, 3.63) is 60.0 Å². The van der Waals surface area contributed by atoms with Crippen LogP contribution >= 0.6 is 0 Å². The van der Waals surface area contributed by atoms with E-state index in [1.165, 1.54) is 18.2 Å². The number of carbonyl (C=O) groups excluding carboxylic acids is 1. The Morgan fingerprint density at radius 2 is 1.92 bits per heavy atom. The molecule has 0 heterocycles. The molecule has 0 radical (unpaired) electrons. The molecule has 2 N–H and O–H groups in total. The Kier molecular flexibility index (Phi) is 9.57. The zero-order valence-electron chi connectivity index (χ0n) is 13.2. The maximum Gasteiger partial charge on any atom is 0.123 e. The number of carbonyl (C=O) groups is 1. The normalized spacial score (nSPS) is 13.0. The third-order valence-electron chi connectivity index (χ3n) is 2.82. The fourth-order valence-electron chi connectivity index (χ4n) is 1.60. The van der Waals surface area contributed by atoms with Gasteiger partial charge in [-0.2, -0.15) is 0 Å². The van der Waals surface area contributed by atoms with Crippen molar-refractivity contribution < 1.29 is 19.4 Å². The highest BCUT2D eigenvalue weighted by Crippen LogP contribution is 2.01. The SMILES string of the molecule is O=CCCC(O)C#C/C=C/C=C/C(O)CC#Cc1ccc(F)cc1. The van der Waals surface area contributed by atoms with Gasteiger partial charge in [0.1, 0.15) is 18.2 Å². The second kappa shape index (κ2) is 11.8. The standard InChI is InChI=1S/C20H19FO3/c21-18-14-12-17(13-15-18)7-5-10-19(23)8-3-1-2-4-9-20(24)11-6-16-22/h1-3,8,12-16,19-20,23-24H,6,10-11H2/b2-1+,8-3+. The Balaban J connectivity index is 2.34. The molecular formula is C20H19FO3. The molecule has 4 heteroatoms. The van der Waals surface area contributed by atoms with Crippen LogP contribution in [-0.2, 0) is 4.79 Å². The van der Waals surface area contributed by atoms with Gasteiger partial charge in [0.15, 0.2) is 0 Å². The number of hydrogen-bond acceptors (Lipinski definition) is 3. The second-order valence-electron chi connectivity index (χ2n) is 4.87. The van der Waals surface area contributed by atoms with E-state index in [1.54, 1.807) is 30.4 Å². The summed E-state index contributed by atoms with van der Waals surface area (Å²) in [6.07, 6.45) is 6.47. The number of aliphatic hydroxyl groups is 2. The lowest BCUT2D eigenvalue weighted by Gasteiger charge is -1.97. The first-order chi connectivity index (χ1) is 11.6. The zero-order valence-corrected chi connectivity index (χ0v) is 13.2. The molecule has 0 aliphatic rings. The fraction of sp³-hybridized carbons (Fsp3) is 0.250. The van der Waals surface area contributed by atoms with Crippen molar-refractivity contribution in [3.8, 4) is 23.7 Å². The molecule has 124 valence electrons. The number of aliphatic hydroxyl groups excluding tert-OH is 2. The van der Waals surface area contributed by atoms with Gasteiger partial charge in [0.25, 0.3) is 0 Å². The Morgan fingerprint density at radius 3 is 2.62 bits per heavy atom. The topological polar surface area (TPSA) is 57.5 Å². The van der Waals surface area contributed by atoms with Gasteiger partial charge in [0, 0.05) is 18.4 Å². The average Bonchev–Trinajstić information content (AvgIpc) is 2.58. The number of hydrogen-bond donors (Lipinski definition) is 2. The van der Waals surface area contributed by atoms with Gasteiger partial charge in [-0.15, -0.1) is 0 Å². The molecular weight excluding hydrogens is 307 g/mol. The summed E-state index contributed by atoms with van der Waals surface area (Å²) in [5.41, 5.74) is 0.691. The highest BCUT2D eigenvalue weighted by Gasteiger charge is 1.96. The van der Waals surface area contributed by atoms with Crippen molar-refractivity contribution in [3.63, 3.8) is 0 Å². The Morgan fingerprint density at radius 1 is 1.17 bits per heavy atom. The molecule has 0 aliphatic heterocycles. The van der Waals surface area contributed by atoms with Gasteiger partial charge >= 0.3 is 0 Å². The number of rotatable bonds is 6. The molecule has 0 amide bonds. The molecule has 0 aromatic heterocycles. The van der Waals surface area contributed by atoms with E-state index in [0.29, 0.717) is 12.0 Å². The molecule has 0 bridgehead atoms. The van der Waals surface area contributed by atoms with Crippen LogP contribution in [0, 0.1) is 29.5 Å². The van der Waals surface area contributed by atoms with Gasteiger partial charge in [-0.3, -0.25) is 0 Å². The number of aldehydes is 1. The lowest BCUT2D eigenvalue weighted by molar-refractivity contribution is -0.108. The summed E-state index contributed by atoms with van der Waals surface area (Å²) in [4.78, 5) is 10.1. The molecule has 3 nitrogen and oxygen atoms in total. The van der Waals surface area contributed by atoms with E-state index in [9.17, 15) is 19.4 Å². The lowest BCUT2D eigenvalue weighted by Crippen LogP contribution is -2.02. The molecule has 0 spiro atoms. The second-order valence-corrected chi connectivity index (χ2v) is 4.87. The van der Waals surface area contributed by atoms with Crippen molar-refractivity contribution in [2.75, 3.05) is 0 Å². The van der Waals surface area contributed by atoms with Gasteiger partial charge in [-0.1, -0.05) is 41.9 Å². The van der Waals surface area contributed by atoms with Crippen molar-refractivity contribution in [1.82, 2.24) is 0 Å². The number of allylic oxidation sites excluding steroid dienone is 3. The van der Waals surface area contributed by atoms with E-state index in [2.05, 4.69) is 23.7 Å². The third kappa shape index (κ3) is 9.38. The summed E-state index contributed by atoms with van der Waals surface area (Å²) in [7, 11) is 0. The summed E-state index contributed by atoms with van der Waals surface area (Å²) in [5.74, 6) is 10.6. The monoisotopic (exact) mass is 326 g/mol. The quantitative estimate of drug-likeness (QED) is 0.479. The van der Waals surface area contributed by atoms with Crippen molar-refractivity contribution >= 4 is 6.29 Å².